The number of hydrogen-bond acceptors (Lipinski definition) is 2. The standard InChI is InChI=1S/C15H24BrNO/c1-5-17-13(8-11(2)3)9-12-10-14(18-4)6-7-15(12)16/h6-7,10-11,13,17H,5,8-9H2,1-4H3. The Balaban J connectivity index is 2.78. The molecule has 0 bridgehead atoms. The maximum atomic E-state index is 5.29. The Morgan fingerprint density at radius 3 is 2.61 bits per heavy atom. The summed E-state index contributed by atoms with van der Waals surface area (Å²) < 4.78 is 6.45. The van der Waals surface area contributed by atoms with Crippen LogP contribution in [-0.4, -0.2) is 19.7 Å². The van der Waals surface area contributed by atoms with Crippen molar-refractivity contribution >= 4 is 15.9 Å². The highest BCUT2D eigenvalue weighted by Crippen LogP contribution is 2.24. The summed E-state index contributed by atoms with van der Waals surface area (Å²) in [4.78, 5) is 0. The number of rotatable bonds is 7. The summed E-state index contributed by atoms with van der Waals surface area (Å²) in [6, 6.07) is 6.69. The zero-order valence-corrected chi connectivity index (χ0v) is 13.4. The van der Waals surface area contributed by atoms with Crippen LogP contribution in [0.15, 0.2) is 22.7 Å². The normalized spacial score (nSPS) is 12.8. The van der Waals surface area contributed by atoms with Crippen LogP contribution in [0.1, 0.15) is 32.8 Å². The first-order valence-corrected chi connectivity index (χ1v) is 7.41. The van der Waals surface area contributed by atoms with Gasteiger partial charge >= 0.3 is 0 Å². The van der Waals surface area contributed by atoms with Gasteiger partial charge in [-0.3, -0.25) is 0 Å². The summed E-state index contributed by atoms with van der Waals surface area (Å²) in [6.07, 6.45) is 2.22. The lowest BCUT2D eigenvalue weighted by atomic mass is 9.97. The molecule has 0 aliphatic carbocycles. The van der Waals surface area contributed by atoms with Crippen molar-refractivity contribution in [2.24, 2.45) is 5.92 Å². The first-order chi connectivity index (χ1) is 8.56. The maximum absolute atomic E-state index is 5.29. The van der Waals surface area contributed by atoms with Crippen LogP contribution in [0.25, 0.3) is 0 Å². The van der Waals surface area contributed by atoms with Gasteiger partial charge in [0.15, 0.2) is 0 Å². The lowest BCUT2D eigenvalue weighted by Gasteiger charge is -2.21. The van der Waals surface area contributed by atoms with Crippen LogP contribution in [0.4, 0.5) is 0 Å². The number of ether oxygens (including phenoxy) is 1. The van der Waals surface area contributed by atoms with Crippen LogP contribution in [0.3, 0.4) is 0 Å². The Kier molecular flexibility index (Phi) is 6.72. The summed E-state index contributed by atoms with van der Waals surface area (Å²) in [5, 5.41) is 3.57. The molecular formula is C15H24BrNO. The van der Waals surface area contributed by atoms with Crippen LogP contribution in [-0.2, 0) is 6.42 Å². The third-order valence-corrected chi connectivity index (χ3v) is 3.74. The first-order valence-electron chi connectivity index (χ1n) is 6.62. The Labute approximate surface area is 119 Å². The van der Waals surface area contributed by atoms with E-state index in [1.165, 1.54) is 12.0 Å². The SMILES string of the molecule is CCNC(Cc1cc(OC)ccc1Br)CC(C)C. The molecule has 1 aromatic carbocycles. The average molecular weight is 314 g/mol. The van der Waals surface area contributed by atoms with Gasteiger partial charge in [-0.25, -0.2) is 0 Å². The van der Waals surface area contributed by atoms with Crippen LogP contribution in [0.2, 0.25) is 0 Å². The lowest BCUT2D eigenvalue weighted by molar-refractivity contribution is 0.409. The van der Waals surface area contributed by atoms with E-state index < -0.39 is 0 Å². The molecule has 0 fully saturated rings. The van der Waals surface area contributed by atoms with E-state index in [0.717, 1.165) is 23.2 Å². The zero-order valence-electron chi connectivity index (χ0n) is 11.8. The number of halogens is 1. The van der Waals surface area contributed by atoms with Crippen LogP contribution >= 0.6 is 15.9 Å². The summed E-state index contributed by atoms with van der Waals surface area (Å²) >= 11 is 3.62. The Morgan fingerprint density at radius 1 is 1.33 bits per heavy atom. The van der Waals surface area contributed by atoms with Crippen molar-refractivity contribution in [3.63, 3.8) is 0 Å². The minimum Gasteiger partial charge on any atom is -0.497 e. The molecule has 18 heavy (non-hydrogen) atoms. The molecule has 1 atom stereocenters. The van der Waals surface area contributed by atoms with Gasteiger partial charge in [0, 0.05) is 10.5 Å². The van der Waals surface area contributed by atoms with Crippen LogP contribution < -0.4 is 10.1 Å². The van der Waals surface area contributed by atoms with Crippen molar-refractivity contribution < 1.29 is 4.74 Å². The van der Waals surface area contributed by atoms with E-state index in [2.05, 4.69) is 54.2 Å². The van der Waals surface area contributed by atoms with Gasteiger partial charge < -0.3 is 10.1 Å². The van der Waals surface area contributed by atoms with E-state index in [9.17, 15) is 0 Å². The van der Waals surface area contributed by atoms with Gasteiger partial charge in [-0.1, -0.05) is 36.7 Å². The molecule has 1 aromatic rings. The fourth-order valence-corrected chi connectivity index (χ4v) is 2.61. The number of likely N-dealkylation sites (N-methyl/N-ethyl adjacent to an activating group) is 1. The molecule has 0 spiro atoms. The van der Waals surface area contributed by atoms with Gasteiger partial charge in [0.05, 0.1) is 7.11 Å². The Bertz CT molecular complexity index is 366. The Hall–Kier alpha value is -0.540. The summed E-state index contributed by atoms with van der Waals surface area (Å²) in [6.45, 7) is 7.71. The minimum atomic E-state index is 0.526. The van der Waals surface area contributed by atoms with E-state index >= 15 is 0 Å². The third-order valence-electron chi connectivity index (χ3n) is 2.97. The van der Waals surface area contributed by atoms with Crippen LogP contribution in [0.5, 0.6) is 5.75 Å². The van der Waals surface area contributed by atoms with Crippen molar-refractivity contribution in [2.45, 2.75) is 39.7 Å². The predicted molar refractivity (Wildman–Crippen MR) is 81.3 cm³/mol. The second-order valence-electron chi connectivity index (χ2n) is 5.05. The zero-order chi connectivity index (χ0) is 13.5. The second kappa shape index (κ2) is 7.80. The molecule has 1 N–H and O–H groups in total. The minimum absolute atomic E-state index is 0.526. The van der Waals surface area contributed by atoms with E-state index in [-0.39, 0.29) is 0 Å². The van der Waals surface area contributed by atoms with Gasteiger partial charge in [-0.15, -0.1) is 0 Å². The Morgan fingerprint density at radius 2 is 2.06 bits per heavy atom. The van der Waals surface area contributed by atoms with Gasteiger partial charge in [0.2, 0.25) is 0 Å². The molecule has 0 aliphatic heterocycles. The topological polar surface area (TPSA) is 21.3 Å². The van der Waals surface area contributed by atoms with Crippen molar-refractivity contribution in [2.75, 3.05) is 13.7 Å². The van der Waals surface area contributed by atoms with E-state index in [4.69, 9.17) is 4.74 Å². The number of nitrogens with one attached hydrogen (secondary N) is 1. The van der Waals surface area contributed by atoms with Gasteiger partial charge in [-0.05, 0) is 49.1 Å². The molecule has 0 amide bonds. The number of methoxy groups -OCH3 is 1. The number of benzene rings is 1. The highest BCUT2D eigenvalue weighted by Gasteiger charge is 2.13. The summed E-state index contributed by atoms with van der Waals surface area (Å²) in [5.74, 6) is 1.63. The van der Waals surface area contributed by atoms with Crippen molar-refractivity contribution in [3.05, 3.63) is 28.2 Å². The molecule has 0 saturated heterocycles. The molecule has 0 heterocycles. The van der Waals surface area contributed by atoms with Crippen LogP contribution in [0, 0.1) is 5.92 Å². The first kappa shape index (κ1) is 15.5. The fraction of sp³-hybridized carbons (Fsp3) is 0.600. The average Bonchev–Trinajstić information content (AvgIpc) is 2.31. The highest BCUT2D eigenvalue weighted by molar-refractivity contribution is 9.10. The van der Waals surface area contributed by atoms with E-state index in [1.807, 2.05) is 6.07 Å². The van der Waals surface area contributed by atoms with Crippen molar-refractivity contribution in [3.8, 4) is 5.75 Å². The molecule has 1 rings (SSSR count). The molecule has 0 aliphatic rings. The predicted octanol–water partition coefficient (Wildman–Crippen LogP) is 4.02. The summed E-state index contributed by atoms with van der Waals surface area (Å²) in [5.41, 5.74) is 1.31. The maximum Gasteiger partial charge on any atom is 0.119 e. The molecule has 1 unspecified atom stereocenters. The third kappa shape index (κ3) is 4.99. The van der Waals surface area contributed by atoms with E-state index in [1.54, 1.807) is 7.11 Å². The van der Waals surface area contributed by atoms with Crippen molar-refractivity contribution in [1.29, 1.82) is 0 Å². The molecule has 2 nitrogen and oxygen atoms in total. The number of hydrogen-bond donors (Lipinski definition) is 1. The second-order valence-corrected chi connectivity index (χ2v) is 5.90. The van der Waals surface area contributed by atoms with Gasteiger partial charge in [0.1, 0.15) is 5.75 Å². The molecule has 102 valence electrons. The highest BCUT2D eigenvalue weighted by atomic mass is 79.9. The van der Waals surface area contributed by atoms with Gasteiger partial charge in [-0.2, -0.15) is 0 Å². The van der Waals surface area contributed by atoms with E-state index in [0.29, 0.717) is 12.0 Å². The van der Waals surface area contributed by atoms with Gasteiger partial charge in [0.25, 0.3) is 0 Å². The molecular weight excluding hydrogens is 290 g/mol. The molecule has 0 aromatic heterocycles. The molecule has 0 radical (unpaired) electrons. The molecule has 0 saturated carbocycles. The lowest BCUT2D eigenvalue weighted by Crippen LogP contribution is -2.32. The molecule has 3 heteroatoms. The monoisotopic (exact) mass is 313 g/mol. The summed E-state index contributed by atoms with van der Waals surface area (Å²) in [7, 11) is 1.71. The smallest absolute Gasteiger partial charge is 0.119 e. The quantitative estimate of drug-likeness (QED) is 0.820. The van der Waals surface area contributed by atoms with Crippen molar-refractivity contribution in [1.82, 2.24) is 5.32 Å². The largest absolute Gasteiger partial charge is 0.497 e. The fourth-order valence-electron chi connectivity index (χ4n) is 2.20.